The van der Waals surface area contributed by atoms with Gasteiger partial charge in [-0.05, 0) is 19.3 Å². The first kappa shape index (κ1) is 37.2. The molecule has 0 spiro atoms. The first-order chi connectivity index (χ1) is 18.7. The van der Waals surface area contributed by atoms with Crippen molar-refractivity contribution in [3.63, 3.8) is 0 Å². The number of hydrogen-bond acceptors (Lipinski definition) is 10. The van der Waals surface area contributed by atoms with Crippen molar-refractivity contribution in [1.29, 1.82) is 0 Å². The summed E-state index contributed by atoms with van der Waals surface area (Å²) in [6, 6.07) is 0. The lowest BCUT2D eigenvalue weighted by Crippen LogP contribution is -2.29. The van der Waals surface area contributed by atoms with Gasteiger partial charge in [-0.25, -0.2) is 9.59 Å². The molecule has 0 fully saturated rings. The summed E-state index contributed by atoms with van der Waals surface area (Å²) >= 11 is 0. The number of hydrogen-bond donors (Lipinski definition) is 2. The van der Waals surface area contributed by atoms with Gasteiger partial charge in [0.1, 0.15) is 13.2 Å². The Bertz CT molecular complexity index is 613. The first-order valence-corrected chi connectivity index (χ1v) is 14.9. The van der Waals surface area contributed by atoms with E-state index < -0.39 is 30.1 Å². The molecule has 0 aliphatic carbocycles. The third-order valence-corrected chi connectivity index (χ3v) is 6.28. The molecule has 0 bridgehead atoms. The van der Waals surface area contributed by atoms with E-state index in [0.29, 0.717) is 19.3 Å². The van der Waals surface area contributed by atoms with E-state index in [1.807, 2.05) is 0 Å². The van der Waals surface area contributed by atoms with Crippen molar-refractivity contribution < 1.29 is 48.9 Å². The predicted molar refractivity (Wildman–Crippen MR) is 146 cm³/mol. The summed E-state index contributed by atoms with van der Waals surface area (Å²) in [4.78, 5) is 51.8. The maximum atomic E-state index is 12.0. The van der Waals surface area contributed by atoms with Gasteiger partial charge in [0, 0.05) is 13.8 Å². The van der Waals surface area contributed by atoms with Crippen molar-refractivity contribution in [3.8, 4) is 0 Å². The Hall–Kier alpha value is -1.75. The molecule has 10 heteroatoms. The van der Waals surface area contributed by atoms with Gasteiger partial charge in [0.05, 0.1) is 18.6 Å². The van der Waals surface area contributed by atoms with Crippen LogP contribution in [0.2, 0.25) is 0 Å². The maximum Gasteiger partial charge on any atom is 0.339 e. The second kappa shape index (κ2) is 26.5. The maximum absolute atomic E-state index is 12.0. The largest absolute Gasteiger partial charge is 0.463 e. The minimum absolute atomic E-state index is 0.202. The van der Waals surface area contributed by atoms with Crippen molar-refractivity contribution >= 4 is 17.9 Å². The van der Waals surface area contributed by atoms with Gasteiger partial charge < -0.3 is 14.9 Å². The smallest absolute Gasteiger partial charge is 0.339 e. The molecule has 0 aliphatic rings. The van der Waals surface area contributed by atoms with Crippen LogP contribution < -0.4 is 0 Å². The molecule has 0 heterocycles. The summed E-state index contributed by atoms with van der Waals surface area (Å²) in [5, 5.41) is 20.3. The van der Waals surface area contributed by atoms with E-state index in [4.69, 9.17) is 9.62 Å². The van der Waals surface area contributed by atoms with Gasteiger partial charge >= 0.3 is 17.9 Å². The molecular weight excluding hydrogens is 508 g/mol. The number of rotatable bonds is 27. The number of carbonyl (C=O) groups excluding carboxylic acids is 3. The zero-order chi connectivity index (χ0) is 29.1. The molecule has 0 saturated carbocycles. The molecule has 0 aromatic carbocycles. The van der Waals surface area contributed by atoms with E-state index >= 15 is 0 Å². The fourth-order valence-electron chi connectivity index (χ4n) is 4.10. The van der Waals surface area contributed by atoms with Crippen LogP contribution in [0.5, 0.6) is 0 Å². The normalized spacial score (nSPS) is 13.5. The summed E-state index contributed by atoms with van der Waals surface area (Å²) in [7, 11) is 0. The van der Waals surface area contributed by atoms with E-state index in [0.717, 1.165) is 39.5 Å². The first-order valence-electron chi connectivity index (χ1n) is 14.9. The van der Waals surface area contributed by atoms with Gasteiger partial charge in [-0.15, -0.1) is 0 Å². The summed E-state index contributed by atoms with van der Waals surface area (Å²) in [6.07, 6.45) is 16.5. The Labute approximate surface area is 234 Å². The fourth-order valence-corrected chi connectivity index (χ4v) is 4.10. The molecule has 0 amide bonds. The van der Waals surface area contributed by atoms with E-state index in [9.17, 15) is 24.6 Å². The number of carbonyl (C=O) groups is 3. The van der Waals surface area contributed by atoms with Crippen LogP contribution in [-0.2, 0) is 38.7 Å². The zero-order valence-electron chi connectivity index (χ0n) is 24.5. The summed E-state index contributed by atoms with van der Waals surface area (Å²) in [5.41, 5.74) is 0. The van der Waals surface area contributed by atoms with Gasteiger partial charge in [0.15, 0.2) is 6.10 Å². The third-order valence-electron chi connectivity index (χ3n) is 6.28. The van der Waals surface area contributed by atoms with Gasteiger partial charge in [0.2, 0.25) is 0 Å². The molecule has 0 rings (SSSR count). The standard InChI is InChI=1S/C29H54O10/c1-4-5-6-7-8-9-10-11-12-13-14-15-18-26(32)19-16-17-20-27(33)21-29(34)35-22-28(39-38-25(3)31)23-36-37-24(2)30/h26-28,32-33H,4-23H2,1-3H3/t26?,27?,28-/m0/s1. The topological polar surface area (TPSA) is 138 Å². The van der Waals surface area contributed by atoms with Crippen LogP contribution in [0.3, 0.4) is 0 Å². The molecule has 0 saturated heterocycles. The minimum atomic E-state index is -1.01. The molecular formula is C29H54O10. The molecule has 3 atom stereocenters. The van der Waals surface area contributed by atoms with E-state index in [1.54, 1.807) is 0 Å². The number of ether oxygens (including phenoxy) is 1. The van der Waals surface area contributed by atoms with E-state index in [2.05, 4.69) is 21.6 Å². The molecule has 2 unspecified atom stereocenters. The van der Waals surface area contributed by atoms with Crippen molar-refractivity contribution in [2.24, 2.45) is 0 Å². The molecule has 0 aliphatic heterocycles. The second-order valence-electron chi connectivity index (χ2n) is 10.3. The van der Waals surface area contributed by atoms with Crippen molar-refractivity contribution in [1.82, 2.24) is 0 Å². The monoisotopic (exact) mass is 562 g/mol. The lowest BCUT2D eigenvalue weighted by atomic mass is 10.0. The van der Waals surface area contributed by atoms with Crippen LogP contribution in [0.15, 0.2) is 0 Å². The van der Waals surface area contributed by atoms with Crippen LogP contribution in [0.1, 0.15) is 136 Å². The van der Waals surface area contributed by atoms with Crippen molar-refractivity contribution in [2.45, 2.75) is 155 Å². The molecule has 2 N–H and O–H groups in total. The summed E-state index contributed by atoms with van der Waals surface area (Å²) < 4.78 is 5.04. The summed E-state index contributed by atoms with van der Waals surface area (Å²) in [6.45, 7) is 3.86. The van der Waals surface area contributed by atoms with Gasteiger partial charge in [0.25, 0.3) is 0 Å². The van der Waals surface area contributed by atoms with Crippen LogP contribution in [0.4, 0.5) is 0 Å². The number of aliphatic hydroxyl groups excluding tert-OH is 2. The van der Waals surface area contributed by atoms with Crippen LogP contribution in [0, 0.1) is 0 Å². The van der Waals surface area contributed by atoms with Gasteiger partial charge in [-0.2, -0.15) is 9.78 Å². The molecule has 39 heavy (non-hydrogen) atoms. The Kier molecular flexibility index (Phi) is 25.3. The Morgan fingerprint density at radius 1 is 0.615 bits per heavy atom. The summed E-state index contributed by atoms with van der Waals surface area (Å²) in [5.74, 6) is -2.05. The highest BCUT2D eigenvalue weighted by Crippen LogP contribution is 2.15. The van der Waals surface area contributed by atoms with Crippen LogP contribution >= 0.6 is 0 Å². The average Bonchev–Trinajstić information content (AvgIpc) is 2.88. The third kappa shape index (κ3) is 27.6. The Morgan fingerprint density at radius 2 is 1.08 bits per heavy atom. The van der Waals surface area contributed by atoms with E-state index in [1.165, 1.54) is 64.2 Å². The highest BCUT2D eigenvalue weighted by Gasteiger charge is 2.19. The lowest BCUT2D eigenvalue weighted by Gasteiger charge is -2.16. The Morgan fingerprint density at radius 3 is 1.59 bits per heavy atom. The van der Waals surface area contributed by atoms with Crippen LogP contribution in [0.25, 0.3) is 0 Å². The highest BCUT2D eigenvalue weighted by molar-refractivity contribution is 5.70. The van der Waals surface area contributed by atoms with Crippen molar-refractivity contribution in [2.75, 3.05) is 13.2 Å². The Balaban J connectivity index is 3.77. The minimum Gasteiger partial charge on any atom is -0.463 e. The second-order valence-corrected chi connectivity index (χ2v) is 10.3. The molecule has 10 nitrogen and oxygen atoms in total. The average molecular weight is 563 g/mol. The van der Waals surface area contributed by atoms with E-state index in [-0.39, 0.29) is 25.7 Å². The molecule has 0 aromatic heterocycles. The predicted octanol–water partition coefficient (Wildman–Crippen LogP) is 5.65. The molecule has 0 radical (unpaired) electrons. The SMILES string of the molecule is CCCCCCCCCCCCCCC(O)CCCCC(O)CC(=O)OC[C@@H](COOC(C)=O)OOC(C)=O. The number of aliphatic hydroxyl groups is 2. The van der Waals surface area contributed by atoms with Crippen molar-refractivity contribution in [3.05, 3.63) is 0 Å². The molecule has 230 valence electrons. The van der Waals surface area contributed by atoms with Crippen LogP contribution in [-0.4, -0.2) is 59.6 Å². The van der Waals surface area contributed by atoms with Gasteiger partial charge in [-0.3, -0.25) is 14.6 Å². The van der Waals surface area contributed by atoms with Gasteiger partial charge in [-0.1, -0.05) is 96.8 Å². The number of esters is 1. The lowest BCUT2D eigenvalue weighted by molar-refractivity contribution is -0.339. The number of unbranched alkanes of at least 4 members (excludes halogenated alkanes) is 12. The quantitative estimate of drug-likeness (QED) is 0.0559. The molecule has 0 aromatic rings. The zero-order valence-corrected chi connectivity index (χ0v) is 24.5. The highest BCUT2D eigenvalue weighted by atomic mass is 17.2. The fraction of sp³-hybridized carbons (Fsp3) is 0.897.